The largest absolute Gasteiger partial charge is 0.366 e. The van der Waals surface area contributed by atoms with Crippen molar-refractivity contribution >= 4 is 18.3 Å². The van der Waals surface area contributed by atoms with E-state index >= 15 is 0 Å². The zero-order valence-electron chi connectivity index (χ0n) is 6.67. The molecule has 0 atom stereocenters. The van der Waals surface area contributed by atoms with Gasteiger partial charge in [-0.15, -0.1) is 12.4 Å². The third-order valence-electron chi connectivity index (χ3n) is 1.32. The number of carbonyl (C=O) groups excluding carboxylic acids is 1. The predicted molar refractivity (Wildman–Crippen MR) is 48.5 cm³/mol. The highest BCUT2D eigenvalue weighted by atomic mass is 35.5. The van der Waals surface area contributed by atoms with Crippen LogP contribution in [-0.4, -0.2) is 12.5 Å². The van der Waals surface area contributed by atoms with E-state index in [2.05, 4.69) is 0 Å². The molecule has 0 rings (SSSR count). The van der Waals surface area contributed by atoms with Crippen LogP contribution in [0.25, 0.3) is 0 Å². The van der Waals surface area contributed by atoms with E-state index < -0.39 is 0 Å². The average molecular weight is 179 g/mol. The number of carbonyl (C=O) groups is 1. The molecule has 0 aliphatic heterocycles. The van der Waals surface area contributed by atoms with E-state index in [1.807, 2.05) is 0 Å². The van der Waals surface area contributed by atoms with Crippen LogP contribution in [0.1, 0.15) is 19.8 Å². The lowest BCUT2D eigenvalue weighted by atomic mass is 10.1. The van der Waals surface area contributed by atoms with Gasteiger partial charge in [-0.3, -0.25) is 4.79 Å². The predicted octanol–water partition coefficient (Wildman–Crippen LogP) is 0.579. The first-order chi connectivity index (χ1) is 4.72. The van der Waals surface area contributed by atoms with Gasteiger partial charge in [-0.25, -0.2) is 0 Å². The number of halogens is 1. The standard InChI is InChI=1S/C7H14N2O.ClH/c1-2-6(7(9)10)4-3-5-8;/h2H,3-5,8H2,1H3,(H2,9,10);1H. The second-order valence-electron chi connectivity index (χ2n) is 2.07. The minimum absolute atomic E-state index is 0. The van der Waals surface area contributed by atoms with E-state index in [1.165, 1.54) is 0 Å². The van der Waals surface area contributed by atoms with Crippen molar-refractivity contribution < 1.29 is 4.79 Å². The molecule has 1 amide bonds. The molecule has 0 aromatic rings. The highest BCUT2D eigenvalue weighted by Crippen LogP contribution is 2.01. The summed E-state index contributed by atoms with van der Waals surface area (Å²) in [7, 11) is 0. The average Bonchev–Trinajstić information content (AvgIpc) is 1.89. The Morgan fingerprint density at radius 3 is 2.36 bits per heavy atom. The van der Waals surface area contributed by atoms with Crippen molar-refractivity contribution in [2.24, 2.45) is 11.5 Å². The van der Waals surface area contributed by atoms with Crippen LogP contribution < -0.4 is 11.5 Å². The van der Waals surface area contributed by atoms with Crippen LogP contribution in [0.3, 0.4) is 0 Å². The van der Waals surface area contributed by atoms with Gasteiger partial charge in [0.15, 0.2) is 0 Å². The van der Waals surface area contributed by atoms with Crippen LogP contribution >= 0.6 is 12.4 Å². The highest BCUT2D eigenvalue weighted by molar-refractivity contribution is 5.91. The molecule has 4 N–H and O–H groups in total. The van der Waals surface area contributed by atoms with Crippen molar-refractivity contribution in [3.05, 3.63) is 11.6 Å². The van der Waals surface area contributed by atoms with Gasteiger partial charge in [-0.2, -0.15) is 0 Å². The maximum absolute atomic E-state index is 10.5. The summed E-state index contributed by atoms with van der Waals surface area (Å²) >= 11 is 0. The molecule has 3 nitrogen and oxygen atoms in total. The molecule has 0 heterocycles. The van der Waals surface area contributed by atoms with E-state index in [1.54, 1.807) is 13.0 Å². The number of amides is 1. The fourth-order valence-corrected chi connectivity index (χ4v) is 0.702. The molecular weight excluding hydrogens is 164 g/mol. The van der Waals surface area contributed by atoms with E-state index in [0.717, 1.165) is 6.42 Å². The molecule has 66 valence electrons. The highest BCUT2D eigenvalue weighted by Gasteiger charge is 2.00. The van der Waals surface area contributed by atoms with Gasteiger partial charge in [-0.1, -0.05) is 6.08 Å². The zero-order valence-corrected chi connectivity index (χ0v) is 7.49. The van der Waals surface area contributed by atoms with Gasteiger partial charge in [0.25, 0.3) is 0 Å². The van der Waals surface area contributed by atoms with Crippen molar-refractivity contribution in [1.29, 1.82) is 0 Å². The molecular formula is C7H15ClN2O. The van der Waals surface area contributed by atoms with Gasteiger partial charge in [-0.05, 0) is 26.3 Å². The van der Waals surface area contributed by atoms with E-state index in [0.29, 0.717) is 18.5 Å². The molecule has 0 saturated carbocycles. The van der Waals surface area contributed by atoms with Gasteiger partial charge >= 0.3 is 0 Å². The lowest BCUT2D eigenvalue weighted by molar-refractivity contribution is -0.114. The summed E-state index contributed by atoms with van der Waals surface area (Å²) in [5.74, 6) is -0.337. The second kappa shape index (κ2) is 7.57. The molecule has 4 heteroatoms. The summed E-state index contributed by atoms with van der Waals surface area (Å²) in [5, 5.41) is 0. The van der Waals surface area contributed by atoms with Crippen LogP contribution in [0, 0.1) is 0 Å². The van der Waals surface area contributed by atoms with E-state index in [4.69, 9.17) is 11.5 Å². The van der Waals surface area contributed by atoms with Gasteiger partial charge in [0.2, 0.25) is 5.91 Å². The SMILES string of the molecule is CC=C(CCCN)C(N)=O.Cl. The summed E-state index contributed by atoms with van der Waals surface area (Å²) < 4.78 is 0. The van der Waals surface area contributed by atoms with Crippen LogP contribution in [0.15, 0.2) is 11.6 Å². The number of primary amides is 1. The third-order valence-corrected chi connectivity index (χ3v) is 1.32. The Balaban J connectivity index is 0. The Hall–Kier alpha value is -0.540. The fraction of sp³-hybridized carbons (Fsp3) is 0.571. The third kappa shape index (κ3) is 5.88. The van der Waals surface area contributed by atoms with Crippen LogP contribution in [0.5, 0.6) is 0 Å². The second-order valence-corrected chi connectivity index (χ2v) is 2.07. The molecule has 0 aliphatic carbocycles. The van der Waals surface area contributed by atoms with Crippen LogP contribution in [0.2, 0.25) is 0 Å². The summed E-state index contributed by atoms with van der Waals surface area (Å²) in [6, 6.07) is 0. The molecule has 0 aromatic heterocycles. The van der Waals surface area contributed by atoms with Crippen molar-refractivity contribution in [2.45, 2.75) is 19.8 Å². The van der Waals surface area contributed by atoms with Gasteiger partial charge in [0.05, 0.1) is 0 Å². The molecule has 11 heavy (non-hydrogen) atoms. The van der Waals surface area contributed by atoms with Crippen LogP contribution in [-0.2, 0) is 4.79 Å². The lowest BCUT2D eigenvalue weighted by Gasteiger charge is -1.98. The van der Waals surface area contributed by atoms with Crippen LogP contribution in [0.4, 0.5) is 0 Å². The van der Waals surface area contributed by atoms with Crippen molar-refractivity contribution in [2.75, 3.05) is 6.54 Å². The zero-order chi connectivity index (χ0) is 7.98. The summed E-state index contributed by atoms with van der Waals surface area (Å²) in [6.07, 6.45) is 3.25. The minimum Gasteiger partial charge on any atom is -0.366 e. The first kappa shape index (κ1) is 13.1. The number of rotatable bonds is 4. The number of hydrogen-bond acceptors (Lipinski definition) is 2. The molecule has 0 saturated heterocycles. The summed E-state index contributed by atoms with van der Waals surface area (Å²) in [5.41, 5.74) is 11.0. The van der Waals surface area contributed by atoms with Gasteiger partial charge in [0.1, 0.15) is 0 Å². The fourth-order valence-electron chi connectivity index (χ4n) is 0.702. The first-order valence-electron chi connectivity index (χ1n) is 3.37. The molecule has 0 bridgehead atoms. The number of nitrogens with two attached hydrogens (primary N) is 2. The van der Waals surface area contributed by atoms with Crippen molar-refractivity contribution in [3.8, 4) is 0 Å². The summed E-state index contributed by atoms with van der Waals surface area (Å²) in [4.78, 5) is 10.5. The van der Waals surface area contributed by atoms with Gasteiger partial charge in [0, 0.05) is 5.57 Å². The Bertz CT molecular complexity index is 145. The molecule has 0 aromatic carbocycles. The Kier molecular flexibility index (Phi) is 9.00. The van der Waals surface area contributed by atoms with E-state index in [-0.39, 0.29) is 18.3 Å². The van der Waals surface area contributed by atoms with E-state index in [9.17, 15) is 4.79 Å². The quantitative estimate of drug-likeness (QED) is 0.619. The number of hydrogen-bond donors (Lipinski definition) is 2. The maximum Gasteiger partial charge on any atom is 0.244 e. The Morgan fingerprint density at radius 1 is 1.55 bits per heavy atom. The molecule has 0 spiro atoms. The smallest absolute Gasteiger partial charge is 0.244 e. The Labute approximate surface area is 73.2 Å². The molecule has 0 aliphatic rings. The number of allylic oxidation sites excluding steroid dienone is 1. The van der Waals surface area contributed by atoms with Gasteiger partial charge < -0.3 is 11.5 Å². The van der Waals surface area contributed by atoms with Crippen molar-refractivity contribution in [3.63, 3.8) is 0 Å². The topological polar surface area (TPSA) is 69.1 Å². The maximum atomic E-state index is 10.5. The molecule has 0 radical (unpaired) electrons. The lowest BCUT2D eigenvalue weighted by Crippen LogP contribution is -2.14. The molecule has 0 unspecified atom stereocenters. The monoisotopic (exact) mass is 178 g/mol. The summed E-state index contributed by atoms with van der Waals surface area (Å²) in [6.45, 7) is 2.40. The molecule has 0 fully saturated rings. The van der Waals surface area contributed by atoms with Crippen molar-refractivity contribution in [1.82, 2.24) is 0 Å². The Morgan fingerprint density at radius 2 is 2.09 bits per heavy atom. The first-order valence-corrected chi connectivity index (χ1v) is 3.37. The minimum atomic E-state index is -0.337. The normalized spacial score (nSPS) is 10.5.